The van der Waals surface area contributed by atoms with E-state index < -0.39 is 6.29 Å². The SMILES string of the molecule is C[C@H]1[C@@H](CN(C)CCc2ccccn2)O[C@@H](c2cccc(-c3cccc(CNC(=O)c4cnc5ccccc5n4)c3)c2)O[C@H]1c1ccc(CO)cc1. The number of likely N-dealkylation sites (N-methyl/N-ethyl adjacent to an activating group) is 1. The molecule has 1 amide bonds. The third-order valence-electron chi connectivity index (χ3n) is 9.64. The Balaban J connectivity index is 1.07. The fraction of sp³-hybridized carbons (Fsp3) is 0.256. The summed E-state index contributed by atoms with van der Waals surface area (Å²) >= 11 is 0. The highest BCUT2D eigenvalue weighted by Crippen LogP contribution is 2.42. The van der Waals surface area contributed by atoms with Gasteiger partial charge < -0.3 is 24.8 Å². The number of pyridine rings is 1. The minimum atomic E-state index is -0.585. The molecular weight excluding hydrogens is 651 g/mol. The van der Waals surface area contributed by atoms with Gasteiger partial charge in [-0.15, -0.1) is 0 Å². The van der Waals surface area contributed by atoms with E-state index in [9.17, 15) is 9.90 Å². The zero-order chi connectivity index (χ0) is 35.9. The van der Waals surface area contributed by atoms with Gasteiger partial charge in [0.1, 0.15) is 5.69 Å². The van der Waals surface area contributed by atoms with Crippen molar-refractivity contribution in [2.45, 2.75) is 45.0 Å². The quantitative estimate of drug-likeness (QED) is 0.140. The highest BCUT2D eigenvalue weighted by molar-refractivity contribution is 5.93. The van der Waals surface area contributed by atoms with Gasteiger partial charge in [-0.25, -0.2) is 4.98 Å². The van der Waals surface area contributed by atoms with Crippen LogP contribution in [0.25, 0.3) is 22.2 Å². The molecule has 0 spiro atoms. The molecule has 0 aliphatic carbocycles. The number of para-hydroxylation sites is 2. The number of nitrogens with one attached hydrogen (secondary N) is 1. The molecule has 1 aliphatic rings. The van der Waals surface area contributed by atoms with Crippen LogP contribution in [0.1, 0.15) is 57.8 Å². The van der Waals surface area contributed by atoms with Gasteiger partial charge in [0.15, 0.2) is 6.29 Å². The van der Waals surface area contributed by atoms with Crippen LogP contribution in [0.2, 0.25) is 0 Å². The average molecular weight is 694 g/mol. The maximum atomic E-state index is 13.0. The fourth-order valence-corrected chi connectivity index (χ4v) is 6.64. The number of carbonyl (C=O) groups is 1. The van der Waals surface area contributed by atoms with E-state index in [2.05, 4.69) is 69.5 Å². The highest BCUT2D eigenvalue weighted by Gasteiger charge is 2.39. The van der Waals surface area contributed by atoms with E-state index in [0.717, 1.165) is 64.1 Å². The zero-order valence-corrected chi connectivity index (χ0v) is 29.4. The van der Waals surface area contributed by atoms with Crippen molar-refractivity contribution in [1.29, 1.82) is 0 Å². The summed E-state index contributed by atoms with van der Waals surface area (Å²) in [5.74, 6) is -0.201. The Morgan fingerprint density at radius 3 is 2.37 bits per heavy atom. The first-order valence-electron chi connectivity index (χ1n) is 17.7. The summed E-state index contributed by atoms with van der Waals surface area (Å²) in [5.41, 5.74) is 8.63. The number of aliphatic hydroxyl groups is 1. The van der Waals surface area contributed by atoms with E-state index in [1.165, 1.54) is 6.20 Å². The molecule has 1 aliphatic heterocycles. The Hall–Kier alpha value is -5.32. The second-order valence-corrected chi connectivity index (χ2v) is 13.4. The van der Waals surface area contributed by atoms with E-state index in [-0.39, 0.29) is 36.3 Å². The number of hydrogen-bond acceptors (Lipinski definition) is 8. The van der Waals surface area contributed by atoms with E-state index >= 15 is 0 Å². The van der Waals surface area contributed by atoms with Crippen molar-refractivity contribution in [1.82, 2.24) is 25.2 Å². The molecule has 6 aromatic rings. The molecule has 9 heteroatoms. The molecule has 0 unspecified atom stereocenters. The minimum absolute atomic E-state index is 0.00369. The Labute approximate surface area is 304 Å². The first-order chi connectivity index (χ1) is 25.4. The molecular formula is C43H43N5O4. The van der Waals surface area contributed by atoms with Crippen LogP contribution in [0.5, 0.6) is 0 Å². The minimum Gasteiger partial charge on any atom is -0.392 e. The van der Waals surface area contributed by atoms with Crippen molar-refractivity contribution in [2.24, 2.45) is 5.92 Å². The van der Waals surface area contributed by atoms with E-state index in [4.69, 9.17) is 9.47 Å². The standard InChI is InChI=1S/C43H43N5O4/c1-29-40(27-48(2)22-20-36-13-5-6-21-44-36)51-43(52-41(29)32-18-16-30(28-49)17-19-32)35-12-8-11-34(24-35)33-10-7-9-31(23-33)25-46-42(50)39-26-45-37-14-3-4-15-38(37)47-39/h3-19,21,23-24,26,29,40-41,43,49H,20,22,25,27-28H2,1-2H3,(H,46,50)/t29-,40+,41+,43+/m0/s1. The molecule has 52 heavy (non-hydrogen) atoms. The third-order valence-corrected chi connectivity index (χ3v) is 9.64. The molecule has 9 nitrogen and oxygen atoms in total. The van der Waals surface area contributed by atoms with Crippen molar-refractivity contribution < 1.29 is 19.4 Å². The molecule has 0 radical (unpaired) electrons. The van der Waals surface area contributed by atoms with Gasteiger partial charge in [-0.1, -0.05) is 85.8 Å². The Morgan fingerprint density at radius 1 is 0.808 bits per heavy atom. The number of carbonyl (C=O) groups excluding carboxylic acids is 1. The molecule has 1 fully saturated rings. The molecule has 2 N–H and O–H groups in total. The van der Waals surface area contributed by atoms with Crippen molar-refractivity contribution in [3.8, 4) is 11.1 Å². The topological polar surface area (TPSA) is 110 Å². The number of rotatable bonds is 12. The van der Waals surface area contributed by atoms with Crippen molar-refractivity contribution in [3.63, 3.8) is 0 Å². The van der Waals surface area contributed by atoms with E-state index in [1.807, 2.05) is 91.1 Å². The molecule has 4 atom stereocenters. The normalized spacial score (nSPS) is 18.8. The lowest BCUT2D eigenvalue weighted by Crippen LogP contribution is -2.43. The summed E-state index contributed by atoms with van der Waals surface area (Å²) in [6.45, 7) is 4.12. The third kappa shape index (κ3) is 8.41. The average Bonchev–Trinajstić information content (AvgIpc) is 3.20. The maximum absolute atomic E-state index is 13.0. The number of hydrogen-bond donors (Lipinski definition) is 2. The monoisotopic (exact) mass is 693 g/mol. The van der Waals surface area contributed by atoms with Crippen LogP contribution in [0.4, 0.5) is 0 Å². The maximum Gasteiger partial charge on any atom is 0.271 e. The summed E-state index contributed by atoms with van der Waals surface area (Å²) in [7, 11) is 2.12. The molecule has 1 saturated heterocycles. The van der Waals surface area contributed by atoms with Gasteiger partial charge >= 0.3 is 0 Å². The van der Waals surface area contributed by atoms with Crippen LogP contribution in [-0.2, 0) is 29.0 Å². The first-order valence-corrected chi connectivity index (χ1v) is 17.7. The number of aromatic nitrogens is 3. The second kappa shape index (κ2) is 16.4. The second-order valence-electron chi connectivity index (χ2n) is 13.4. The van der Waals surface area contributed by atoms with Gasteiger partial charge in [0.25, 0.3) is 5.91 Å². The zero-order valence-electron chi connectivity index (χ0n) is 29.4. The van der Waals surface area contributed by atoms with E-state index in [0.29, 0.717) is 12.1 Å². The van der Waals surface area contributed by atoms with Crippen LogP contribution in [-0.4, -0.2) is 57.1 Å². The van der Waals surface area contributed by atoms with Crippen molar-refractivity contribution >= 4 is 16.9 Å². The number of aliphatic hydroxyl groups excluding tert-OH is 1. The van der Waals surface area contributed by atoms with Crippen LogP contribution >= 0.6 is 0 Å². The van der Waals surface area contributed by atoms with Crippen LogP contribution in [0.3, 0.4) is 0 Å². The highest BCUT2D eigenvalue weighted by atomic mass is 16.7. The first kappa shape index (κ1) is 35.1. The number of amides is 1. The van der Waals surface area contributed by atoms with Gasteiger partial charge in [0, 0.05) is 49.4 Å². The lowest BCUT2D eigenvalue weighted by Gasteiger charge is -2.42. The van der Waals surface area contributed by atoms with Gasteiger partial charge in [-0.3, -0.25) is 14.8 Å². The molecule has 264 valence electrons. The summed E-state index contributed by atoms with van der Waals surface area (Å²) < 4.78 is 13.5. The van der Waals surface area contributed by atoms with Crippen molar-refractivity contribution in [3.05, 3.63) is 161 Å². The smallest absolute Gasteiger partial charge is 0.271 e. The number of fused-ring (bicyclic) bond motifs is 1. The Kier molecular flexibility index (Phi) is 11.0. The molecule has 0 saturated carbocycles. The van der Waals surface area contributed by atoms with Crippen molar-refractivity contribution in [2.75, 3.05) is 20.1 Å². The number of nitrogens with zero attached hydrogens (tertiary/aromatic N) is 4. The van der Waals surface area contributed by atoms with Crippen LogP contribution in [0.15, 0.2) is 128 Å². The van der Waals surface area contributed by atoms with Crippen LogP contribution < -0.4 is 5.32 Å². The molecule has 7 rings (SSSR count). The summed E-state index contributed by atoms with van der Waals surface area (Å²) in [6, 6.07) is 37.9. The van der Waals surface area contributed by atoms with Gasteiger partial charge in [-0.2, -0.15) is 0 Å². The molecule has 4 aromatic carbocycles. The Morgan fingerprint density at radius 2 is 1.58 bits per heavy atom. The summed E-state index contributed by atoms with van der Waals surface area (Å²) in [5, 5.41) is 12.6. The molecule has 0 bridgehead atoms. The fourth-order valence-electron chi connectivity index (χ4n) is 6.64. The van der Waals surface area contributed by atoms with E-state index in [1.54, 1.807) is 0 Å². The lowest BCUT2D eigenvalue weighted by molar-refractivity contribution is -0.275. The number of benzene rings is 4. The summed E-state index contributed by atoms with van der Waals surface area (Å²) in [6.07, 6.45) is 3.31. The largest absolute Gasteiger partial charge is 0.392 e. The predicted octanol–water partition coefficient (Wildman–Crippen LogP) is 7.08. The van der Waals surface area contributed by atoms with Gasteiger partial charge in [0.05, 0.1) is 36.0 Å². The Bertz CT molecular complexity index is 2110. The van der Waals surface area contributed by atoms with Crippen LogP contribution in [0, 0.1) is 5.92 Å². The number of ether oxygens (including phenoxy) is 2. The predicted molar refractivity (Wildman–Crippen MR) is 201 cm³/mol. The van der Waals surface area contributed by atoms with Gasteiger partial charge in [-0.05, 0) is 71.3 Å². The molecule has 3 heterocycles. The summed E-state index contributed by atoms with van der Waals surface area (Å²) in [4.78, 5) is 28.6. The van der Waals surface area contributed by atoms with Gasteiger partial charge in [0.2, 0.25) is 0 Å². The lowest BCUT2D eigenvalue weighted by atomic mass is 9.90. The molecule has 2 aromatic heterocycles.